The minimum Gasteiger partial charge on any atom is -0.478 e. The van der Waals surface area contributed by atoms with Gasteiger partial charge in [0.2, 0.25) is 0 Å². The Balaban J connectivity index is 2.15. The molecule has 0 saturated carbocycles. The third-order valence-corrected chi connectivity index (χ3v) is 3.78. The second-order valence-electron chi connectivity index (χ2n) is 5.43. The van der Waals surface area contributed by atoms with Crippen LogP contribution in [0.25, 0.3) is 0 Å². The van der Waals surface area contributed by atoms with Crippen molar-refractivity contribution in [3.05, 3.63) is 59.7 Å². The molecular formula is C19H22N2O3. The second kappa shape index (κ2) is 8.15. The Morgan fingerprint density at radius 3 is 2.29 bits per heavy atom. The third-order valence-electron chi connectivity index (χ3n) is 3.78. The van der Waals surface area contributed by atoms with Gasteiger partial charge in [0.1, 0.15) is 0 Å². The quantitative estimate of drug-likeness (QED) is 0.810. The highest BCUT2D eigenvalue weighted by molar-refractivity contribution is 6.07. The lowest BCUT2D eigenvalue weighted by atomic mass is 10.1. The van der Waals surface area contributed by atoms with Crippen LogP contribution in [0.3, 0.4) is 0 Å². The zero-order chi connectivity index (χ0) is 17.5. The van der Waals surface area contributed by atoms with Crippen LogP contribution in [0.4, 0.5) is 11.4 Å². The zero-order valence-electron chi connectivity index (χ0n) is 14.0. The van der Waals surface area contributed by atoms with Crippen LogP contribution < -0.4 is 10.2 Å². The number of para-hydroxylation sites is 1. The minimum absolute atomic E-state index is 0.0718. The first-order chi connectivity index (χ1) is 11.6. The highest BCUT2D eigenvalue weighted by Gasteiger charge is 2.13. The fraction of sp³-hybridized carbons (Fsp3) is 0.263. The van der Waals surface area contributed by atoms with Crippen molar-refractivity contribution in [1.82, 2.24) is 0 Å². The van der Waals surface area contributed by atoms with E-state index in [4.69, 9.17) is 5.11 Å². The molecule has 2 rings (SSSR count). The Morgan fingerprint density at radius 2 is 1.71 bits per heavy atom. The topological polar surface area (TPSA) is 69.6 Å². The fourth-order valence-corrected chi connectivity index (χ4v) is 2.54. The summed E-state index contributed by atoms with van der Waals surface area (Å²) in [6, 6.07) is 13.7. The van der Waals surface area contributed by atoms with E-state index in [1.54, 1.807) is 30.3 Å². The first kappa shape index (κ1) is 17.5. The van der Waals surface area contributed by atoms with Gasteiger partial charge in [-0.15, -0.1) is 0 Å². The Morgan fingerprint density at radius 1 is 1.04 bits per heavy atom. The van der Waals surface area contributed by atoms with Gasteiger partial charge in [-0.2, -0.15) is 0 Å². The van der Waals surface area contributed by atoms with Gasteiger partial charge in [0.25, 0.3) is 5.91 Å². The molecule has 2 aromatic rings. The molecule has 0 aliphatic carbocycles. The molecule has 5 nitrogen and oxygen atoms in total. The summed E-state index contributed by atoms with van der Waals surface area (Å²) in [6.45, 7) is 6.10. The maximum absolute atomic E-state index is 12.3. The number of amides is 1. The maximum atomic E-state index is 12.3. The van der Waals surface area contributed by atoms with Crippen LogP contribution in [0.15, 0.2) is 48.5 Å². The van der Waals surface area contributed by atoms with E-state index in [-0.39, 0.29) is 11.5 Å². The van der Waals surface area contributed by atoms with E-state index in [0.29, 0.717) is 11.3 Å². The standard InChI is InChI=1S/C19H22N2O3/c1-3-13-21(4-2)15-11-9-14(10-12-15)18(22)20-17-8-6-5-7-16(17)19(23)24/h5-12H,3-4,13H2,1-2H3,(H,20,22)(H,23,24). The summed E-state index contributed by atoms with van der Waals surface area (Å²) in [5.41, 5.74) is 1.93. The van der Waals surface area contributed by atoms with Crippen molar-refractivity contribution in [1.29, 1.82) is 0 Å². The smallest absolute Gasteiger partial charge is 0.337 e. The normalized spacial score (nSPS) is 10.2. The van der Waals surface area contributed by atoms with Crippen molar-refractivity contribution in [2.75, 3.05) is 23.3 Å². The number of aromatic carboxylic acids is 1. The van der Waals surface area contributed by atoms with E-state index >= 15 is 0 Å². The first-order valence-corrected chi connectivity index (χ1v) is 8.05. The molecule has 0 aliphatic rings. The van der Waals surface area contributed by atoms with E-state index in [0.717, 1.165) is 25.2 Å². The average Bonchev–Trinajstić information content (AvgIpc) is 2.60. The SMILES string of the molecule is CCCN(CC)c1ccc(C(=O)Nc2ccccc2C(=O)O)cc1. The highest BCUT2D eigenvalue weighted by Crippen LogP contribution is 2.19. The number of benzene rings is 2. The lowest BCUT2D eigenvalue weighted by molar-refractivity contribution is 0.0698. The molecule has 5 heteroatoms. The molecule has 0 unspecified atom stereocenters. The van der Waals surface area contributed by atoms with E-state index < -0.39 is 5.97 Å². The van der Waals surface area contributed by atoms with Gasteiger partial charge in [0, 0.05) is 24.3 Å². The van der Waals surface area contributed by atoms with Gasteiger partial charge in [-0.25, -0.2) is 4.79 Å². The molecule has 0 bridgehead atoms. The summed E-state index contributed by atoms with van der Waals surface area (Å²) < 4.78 is 0. The van der Waals surface area contributed by atoms with Gasteiger partial charge in [-0.1, -0.05) is 19.1 Å². The lowest BCUT2D eigenvalue weighted by Crippen LogP contribution is -2.23. The Labute approximate surface area is 141 Å². The van der Waals surface area contributed by atoms with Gasteiger partial charge >= 0.3 is 5.97 Å². The summed E-state index contributed by atoms with van der Waals surface area (Å²) in [7, 11) is 0. The number of nitrogens with one attached hydrogen (secondary N) is 1. The minimum atomic E-state index is -1.07. The second-order valence-corrected chi connectivity index (χ2v) is 5.43. The number of rotatable bonds is 7. The molecule has 0 fully saturated rings. The molecule has 0 saturated heterocycles. The van der Waals surface area contributed by atoms with Gasteiger partial charge in [0.05, 0.1) is 11.3 Å². The molecule has 24 heavy (non-hydrogen) atoms. The maximum Gasteiger partial charge on any atom is 0.337 e. The van der Waals surface area contributed by atoms with E-state index in [9.17, 15) is 9.59 Å². The van der Waals surface area contributed by atoms with Crippen molar-refractivity contribution >= 4 is 23.3 Å². The summed E-state index contributed by atoms with van der Waals surface area (Å²) in [5, 5.41) is 11.8. The molecule has 0 heterocycles. The number of anilines is 2. The van der Waals surface area contributed by atoms with Crippen LogP contribution in [-0.4, -0.2) is 30.1 Å². The van der Waals surface area contributed by atoms with Gasteiger partial charge in [0.15, 0.2) is 0 Å². The van der Waals surface area contributed by atoms with Gasteiger partial charge in [-0.05, 0) is 49.7 Å². The summed E-state index contributed by atoms with van der Waals surface area (Å²) >= 11 is 0. The molecule has 0 radical (unpaired) electrons. The predicted molar refractivity (Wildman–Crippen MR) is 96.0 cm³/mol. The third kappa shape index (κ3) is 4.13. The van der Waals surface area contributed by atoms with E-state index in [1.807, 2.05) is 12.1 Å². The lowest BCUT2D eigenvalue weighted by Gasteiger charge is -2.22. The molecule has 0 atom stereocenters. The van der Waals surface area contributed by atoms with Gasteiger partial charge < -0.3 is 15.3 Å². The number of carboxylic acids is 1. The molecule has 0 aliphatic heterocycles. The number of carbonyl (C=O) groups excluding carboxylic acids is 1. The number of carbonyl (C=O) groups is 2. The fourth-order valence-electron chi connectivity index (χ4n) is 2.54. The molecule has 2 aromatic carbocycles. The number of carboxylic acid groups (broad SMARTS) is 1. The number of hydrogen-bond donors (Lipinski definition) is 2. The summed E-state index contributed by atoms with van der Waals surface area (Å²) in [4.78, 5) is 25.8. The summed E-state index contributed by atoms with van der Waals surface area (Å²) in [6.07, 6.45) is 1.06. The van der Waals surface area contributed by atoms with E-state index in [2.05, 4.69) is 24.1 Å². The van der Waals surface area contributed by atoms with Crippen LogP contribution in [0.1, 0.15) is 41.0 Å². The van der Waals surface area contributed by atoms with Crippen LogP contribution in [0.2, 0.25) is 0 Å². The molecule has 0 spiro atoms. The molecular weight excluding hydrogens is 304 g/mol. The van der Waals surface area contributed by atoms with Crippen LogP contribution in [0.5, 0.6) is 0 Å². The van der Waals surface area contributed by atoms with Gasteiger partial charge in [-0.3, -0.25) is 4.79 Å². The van der Waals surface area contributed by atoms with Crippen molar-refractivity contribution in [2.45, 2.75) is 20.3 Å². The molecule has 126 valence electrons. The van der Waals surface area contributed by atoms with Crippen LogP contribution in [-0.2, 0) is 0 Å². The monoisotopic (exact) mass is 326 g/mol. The van der Waals surface area contributed by atoms with Crippen molar-refractivity contribution in [2.24, 2.45) is 0 Å². The van der Waals surface area contributed by atoms with E-state index in [1.165, 1.54) is 6.07 Å². The summed E-state index contributed by atoms with van der Waals surface area (Å²) in [5.74, 6) is -1.40. The number of nitrogens with zero attached hydrogens (tertiary/aromatic N) is 1. The van der Waals surface area contributed by atoms with Crippen LogP contribution in [0, 0.1) is 0 Å². The van der Waals surface area contributed by atoms with Crippen molar-refractivity contribution < 1.29 is 14.7 Å². The molecule has 0 aromatic heterocycles. The first-order valence-electron chi connectivity index (χ1n) is 8.05. The largest absolute Gasteiger partial charge is 0.478 e. The predicted octanol–water partition coefficient (Wildman–Crippen LogP) is 3.87. The molecule has 1 amide bonds. The Hall–Kier alpha value is -2.82. The van der Waals surface area contributed by atoms with Crippen LogP contribution >= 0.6 is 0 Å². The zero-order valence-corrected chi connectivity index (χ0v) is 14.0. The highest BCUT2D eigenvalue weighted by atomic mass is 16.4. The average molecular weight is 326 g/mol. The van der Waals surface area contributed by atoms with Crippen molar-refractivity contribution in [3.63, 3.8) is 0 Å². The molecule has 2 N–H and O–H groups in total. The Bertz CT molecular complexity index is 711. The number of hydrogen-bond acceptors (Lipinski definition) is 3. The Kier molecular flexibility index (Phi) is 5.95. The van der Waals surface area contributed by atoms with Crippen molar-refractivity contribution in [3.8, 4) is 0 Å².